The molecular weight excluding hydrogens is 248 g/mol. The Bertz CT molecular complexity index is 548. The van der Waals surface area contributed by atoms with Gasteiger partial charge in [0.1, 0.15) is 16.6 Å². The zero-order chi connectivity index (χ0) is 12.4. The molecule has 0 bridgehead atoms. The van der Waals surface area contributed by atoms with E-state index in [0.717, 1.165) is 23.5 Å². The molecule has 0 saturated heterocycles. The molecule has 1 aromatic carbocycles. The van der Waals surface area contributed by atoms with Crippen LogP contribution in [-0.4, -0.2) is 16.1 Å². The maximum absolute atomic E-state index is 13.4. The monoisotopic (exact) mass is 255 g/mol. The lowest BCUT2D eigenvalue weighted by atomic mass is 10.2. The van der Waals surface area contributed by atoms with Crippen molar-refractivity contribution in [2.75, 3.05) is 0 Å². The molecule has 1 heterocycles. The van der Waals surface area contributed by atoms with Gasteiger partial charge < -0.3 is 5.11 Å². The third-order valence-corrected chi connectivity index (χ3v) is 3.07. The lowest BCUT2D eigenvalue weighted by Crippen LogP contribution is -1.97. The van der Waals surface area contributed by atoms with Crippen LogP contribution in [0.1, 0.15) is 4.88 Å². The molecule has 0 amide bonds. The summed E-state index contributed by atoms with van der Waals surface area (Å²) in [4.78, 5) is 14.8. The highest BCUT2D eigenvalue weighted by molar-refractivity contribution is 7.15. The summed E-state index contributed by atoms with van der Waals surface area (Å²) in [6, 6.07) is 3.54. The van der Waals surface area contributed by atoms with Crippen molar-refractivity contribution in [2.24, 2.45) is 0 Å². The van der Waals surface area contributed by atoms with Crippen LogP contribution in [0, 0.1) is 11.6 Å². The molecule has 0 radical (unpaired) electrons. The van der Waals surface area contributed by atoms with Crippen LogP contribution in [0.4, 0.5) is 8.78 Å². The minimum Gasteiger partial charge on any atom is -0.481 e. The zero-order valence-electron chi connectivity index (χ0n) is 8.48. The molecule has 0 atom stereocenters. The first kappa shape index (κ1) is 11.7. The van der Waals surface area contributed by atoms with Crippen LogP contribution in [0.5, 0.6) is 0 Å². The van der Waals surface area contributed by atoms with Crippen LogP contribution in [0.15, 0.2) is 24.4 Å². The van der Waals surface area contributed by atoms with Gasteiger partial charge in [0.15, 0.2) is 0 Å². The molecule has 0 aliphatic carbocycles. The van der Waals surface area contributed by atoms with Crippen molar-refractivity contribution in [1.82, 2.24) is 4.98 Å². The minimum absolute atomic E-state index is 0.150. The Morgan fingerprint density at radius 3 is 2.59 bits per heavy atom. The topological polar surface area (TPSA) is 50.2 Å². The van der Waals surface area contributed by atoms with Crippen molar-refractivity contribution < 1.29 is 18.7 Å². The van der Waals surface area contributed by atoms with Gasteiger partial charge in [-0.25, -0.2) is 13.8 Å². The standard InChI is InChI=1S/C11H7F2NO2S/c12-7-2-1-3-8(13)10(7)11-14-5-6(17-11)4-9(15)16/h1-3,5H,4H2,(H,15,16). The zero-order valence-corrected chi connectivity index (χ0v) is 9.30. The third-order valence-electron chi connectivity index (χ3n) is 2.06. The third kappa shape index (κ3) is 2.47. The summed E-state index contributed by atoms with van der Waals surface area (Å²) < 4.78 is 26.8. The highest BCUT2D eigenvalue weighted by atomic mass is 32.1. The van der Waals surface area contributed by atoms with Crippen molar-refractivity contribution in [2.45, 2.75) is 6.42 Å². The summed E-state index contributed by atoms with van der Waals surface area (Å²) >= 11 is 0.971. The maximum atomic E-state index is 13.4. The minimum atomic E-state index is -1.01. The fourth-order valence-corrected chi connectivity index (χ4v) is 2.31. The van der Waals surface area contributed by atoms with Gasteiger partial charge in [-0.05, 0) is 12.1 Å². The molecular formula is C11H7F2NO2S. The van der Waals surface area contributed by atoms with Gasteiger partial charge in [-0.2, -0.15) is 0 Å². The van der Waals surface area contributed by atoms with Crippen LogP contribution in [0.3, 0.4) is 0 Å². The van der Waals surface area contributed by atoms with E-state index < -0.39 is 17.6 Å². The van der Waals surface area contributed by atoms with Gasteiger partial charge in [-0.1, -0.05) is 6.07 Å². The van der Waals surface area contributed by atoms with Crippen molar-refractivity contribution in [3.8, 4) is 10.6 Å². The Kier molecular flexibility index (Phi) is 3.14. The summed E-state index contributed by atoms with van der Waals surface area (Å²) in [7, 11) is 0. The fourth-order valence-electron chi connectivity index (χ4n) is 1.36. The van der Waals surface area contributed by atoms with Crippen molar-refractivity contribution in [3.05, 3.63) is 40.9 Å². The van der Waals surface area contributed by atoms with Gasteiger partial charge in [0, 0.05) is 11.1 Å². The number of aromatic nitrogens is 1. The van der Waals surface area contributed by atoms with E-state index in [1.807, 2.05) is 0 Å². The average Bonchev–Trinajstić information content (AvgIpc) is 2.65. The second-order valence-corrected chi connectivity index (χ2v) is 4.41. The summed E-state index contributed by atoms with van der Waals surface area (Å²) in [5, 5.41) is 8.74. The van der Waals surface area contributed by atoms with Crippen molar-refractivity contribution in [1.29, 1.82) is 0 Å². The van der Waals surface area contributed by atoms with Crippen LogP contribution >= 0.6 is 11.3 Å². The maximum Gasteiger partial charge on any atom is 0.308 e. The average molecular weight is 255 g/mol. The molecule has 2 aromatic rings. The molecule has 0 saturated carbocycles. The van der Waals surface area contributed by atoms with E-state index in [0.29, 0.717) is 4.88 Å². The molecule has 0 unspecified atom stereocenters. The Hall–Kier alpha value is -1.82. The van der Waals surface area contributed by atoms with Gasteiger partial charge in [-0.3, -0.25) is 4.79 Å². The van der Waals surface area contributed by atoms with Gasteiger partial charge in [0.2, 0.25) is 0 Å². The molecule has 6 heteroatoms. The Labute approximate surface area is 99.4 Å². The fraction of sp³-hybridized carbons (Fsp3) is 0.0909. The molecule has 0 aliphatic heterocycles. The quantitative estimate of drug-likeness (QED) is 0.917. The number of benzene rings is 1. The predicted octanol–water partition coefficient (Wildman–Crippen LogP) is 2.72. The number of aliphatic carboxylic acids is 1. The first-order chi connectivity index (χ1) is 8.08. The number of rotatable bonds is 3. The largest absolute Gasteiger partial charge is 0.481 e. The highest BCUT2D eigenvalue weighted by Crippen LogP contribution is 2.29. The van der Waals surface area contributed by atoms with E-state index in [2.05, 4.69) is 4.98 Å². The second kappa shape index (κ2) is 4.58. The molecule has 1 aromatic heterocycles. The molecule has 0 fully saturated rings. The number of carbonyl (C=O) groups is 1. The summed E-state index contributed by atoms with van der Waals surface area (Å²) in [6.07, 6.45) is 1.12. The Balaban J connectivity index is 2.40. The first-order valence-corrected chi connectivity index (χ1v) is 5.50. The number of nitrogens with zero attached hydrogens (tertiary/aromatic N) is 1. The second-order valence-electron chi connectivity index (χ2n) is 3.30. The molecule has 0 spiro atoms. The SMILES string of the molecule is O=C(O)Cc1cnc(-c2c(F)cccc2F)s1. The van der Waals surface area contributed by atoms with Gasteiger partial charge in [0.05, 0.1) is 12.0 Å². The van der Waals surface area contributed by atoms with Crippen LogP contribution in [0.2, 0.25) is 0 Å². The van der Waals surface area contributed by atoms with E-state index in [-0.39, 0.29) is 17.0 Å². The number of carboxylic acids is 1. The van der Waals surface area contributed by atoms with Crippen molar-refractivity contribution >= 4 is 17.3 Å². The number of thiazole rings is 1. The smallest absolute Gasteiger partial charge is 0.308 e. The highest BCUT2D eigenvalue weighted by Gasteiger charge is 2.15. The Morgan fingerprint density at radius 1 is 1.35 bits per heavy atom. The summed E-state index contributed by atoms with van der Waals surface area (Å²) in [5.74, 6) is -2.42. The number of halogens is 2. The van der Waals surface area contributed by atoms with Gasteiger partial charge in [-0.15, -0.1) is 11.3 Å². The van der Waals surface area contributed by atoms with E-state index in [4.69, 9.17) is 5.11 Å². The number of hydrogen-bond acceptors (Lipinski definition) is 3. The lowest BCUT2D eigenvalue weighted by Gasteiger charge is -1.99. The Morgan fingerprint density at radius 2 is 2.00 bits per heavy atom. The van der Waals surface area contributed by atoms with Crippen LogP contribution in [-0.2, 0) is 11.2 Å². The molecule has 0 aliphatic rings. The molecule has 3 nitrogen and oxygen atoms in total. The van der Waals surface area contributed by atoms with E-state index in [9.17, 15) is 13.6 Å². The normalized spacial score (nSPS) is 10.5. The number of carboxylic acid groups (broad SMARTS) is 1. The molecule has 2 rings (SSSR count). The summed E-state index contributed by atoms with van der Waals surface area (Å²) in [6.45, 7) is 0. The van der Waals surface area contributed by atoms with Gasteiger partial charge >= 0.3 is 5.97 Å². The number of hydrogen-bond donors (Lipinski definition) is 1. The van der Waals surface area contributed by atoms with Crippen LogP contribution < -0.4 is 0 Å². The predicted molar refractivity (Wildman–Crippen MR) is 58.8 cm³/mol. The molecule has 17 heavy (non-hydrogen) atoms. The molecule has 88 valence electrons. The van der Waals surface area contributed by atoms with Gasteiger partial charge in [0.25, 0.3) is 0 Å². The van der Waals surface area contributed by atoms with E-state index in [1.165, 1.54) is 12.3 Å². The molecule has 1 N–H and O–H groups in total. The van der Waals surface area contributed by atoms with Crippen LogP contribution in [0.25, 0.3) is 10.6 Å². The first-order valence-electron chi connectivity index (χ1n) is 4.69. The van der Waals surface area contributed by atoms with E-state index in [1.54, 1.807) is 0 Å². The summed E-state index contributed by atoms with van der Waals surface area (Å²) in [5.41, 5.74) is -0.214. The van der Waals surface area contributed by atoms with Crippen molar-refractivity contribution in [3.63, 3.8) is 0 Å². The lowest BCUT2D eigenvalue weighted by molar-refractivity contribution is -0.136. The van der Waals surface area contributed by atoms with E-state index >= 15 is 0 Å².